The molecule has 1 fully saturated rings. The van der Waals surface area contributed by atoms with Crippen LogP contribution in [0.25, 0.3) is 0 Å². The number of anilines is 1. The van der Waals surface area contributed by atoms with Crippen molar-refractivity contribution >= 4 is 17.3 Å². The molecule has 94 valence electrons. The highest BCUT2D eigenvalue weighted by Gasteiger charge is 2.08. The second-order valence-electron chi connectivity index (χ2n) is 4.66. The maximum atomic E-state index is 6.10. The zero-order valence-corrected chi connectivity index (χ0v) is 11.0. The number of halogens is 1. The Morgan fingerprint density at radius 3 is 2.47 bits per heavy atom. The first-order chi connectivity index (χ1) is 8.36. The van der Waals surface area contributed by atoms with Crippen molar-refractivity contribution < 1.29 is 0 Å². The van der Waals surface area contributed by atoms with E-state index in [0.29, 0.717) is 0 Å². The molecular weight excluding hydrogens is 232 g/mol. The summed E-state index contributed by atoms with van der Waals surface area (Å²) < 4.78 is 0. The van der Waals surface area contributed by atoms with Gasteiger partial charge >= 0.3 is 0 Å². The molecule has 0 amide bonds. The van der Waals surface area contributed by atoms with Gasteiger partial charge in [-0.15, -0.1) is 0 Å². The zero-order valence-electron chi connectivity index (χ0n) is 10.3. The van der Waals surface area contributed by atoms with E-state index < -0.39 is 0 Å². The van der Waals surface area contributed by atoms with Gasteiger partial charge in [0.2, 0.25) is 0 Å². The van der Waals surface area contributed by atoms with E-state index >= 15 is 0 Å². The molecule has 0 saturated carbocycles. The summed E-state index contributed by atoms with van der Waals surface area (Å²) in [5, 5.41) is 4.22. The molecule has 0 aromatic heterocycles. The lowest BCUT2D eigenvalue weighted by atomic mass is 10.2. The van der Waals surface area contributed by atoms with Crippen LogP contribution >= 0.6 is 11.6 Å². The van der Waals surface area contributed by atoms with Crippen LogP contribution in [0.5, 0.6) is 0 Å². The van der Waals surface area contributed by atoms with Gasteiger partial charge in [0.15, 0.2) is 0 Å². The molecule has 3 heteroatoms. The molecule has 2 rings (SSSR count). The lowest BCUT2D eigenvalue weighted by Gasteiger charge is -2.20. The molecule has 1 aromatic carbocycles. The number of benzene rings is 1. The molecular formula is C14H21ClN2. The van der Waals surface area contributed by atoms with Gasteiger partial charge in [-0.3, -0.25) is 0 Å². The largest absolute Gasteiger partial charge is 0.383 e. The average molecular weight is 253 g/mol. The highest BCUT2D eigenvalue weighted by Crippen LogP contribution is 2.20. The highest BCUT2D eigenvalue weighted by molar-refractivity contribution is 6.33. The summed E-state index contributed by atoms with van der Waals surface area (Å²) in [4.78, 5) is 2.55. The van der Waals surface area contributed by atoms with Crippen molar-refractivity contribution in [3.05, 3.63) is 29.3 Å². The average Bonchev–Trinajstić information content (AvgIpc) is 2.60. The Kier molecular flexibility index (Phi) is 5.14. The Labute approximate surface area is 109 Å². The molecule has 2 nitrogen and oxygen atoms in total. The number of hydrogen-bond donors (Lipinski definition) is 1. The van der Waals surface area contributed by atoms with Crippen molar-refractivity contribution in [2.75, 3.05) is 31.5 Å². The summed E-state index contributed by atoms with van der Waals surface area (Å²) in [6, 6.07) is 7.93. The third-order valence-electron chi connectivity index (χ3n) is 3.32. The van der Waals surface area contributed by atoms with E-state index in [1.54, 1.807) is 0 Å². The standard InChI is InChI=1S/C14H21ClN2/c15-13-7-3-4-8-14(13)16-9-12-17-10-5-1-2-6-11-17/h3-4,7-8,16H,1-2,5-6,9-12H2. The van der Waals surface area contributed by atoms with E-state index in [-0.39, 0.29) is 0 Å². The van der Waals surface area contributed by atoms with Crippen molar-refractivity contribution in [1.82, 2.24) is 4.90 Å². The van der Waals surface area contributed by atoms with Gasteiger partial charge in [0.1, 0.15) is 0 Å². The second kappa shape index (κ2) is 6.87. The molecule has 0 radical (unpaired) electrons. The van der Waals surface area contributed by atoms with Crippen LogP contribution in [0, 0.1) is 0 Å². The molecule has 1 saturated heterocycles. The van der Waals surface area contributed by atoms with Crippen molar-refractivity contribution in [1.29, 1.82) is 0 Å². The van der Waals surface area contributed by atoms with Crippen molar-refractivity contribution in [3.8, 4) is 0 Å². The van der Waals surface area contributed by atoms with Crippen LogP contribution in [0.15, 0.2) is 24.3 Å². The molecule has 1 aromatic rings. The maximum Gasteiger partial charge on any atom is 0.0637 e. The van der Waals surface area contributed by atoms with Crippen molar-refractivity contribution in [2.45, 2.75) is 25.7 Å². The lowest BCUT2D eigenvalue weighted by molar-refractivity contribution is 0.296. The lowest BCUT2D eigenvalue weighted by Crippen LogP contribution is -2.30. The Morgan fingerprint density at radius 1 is 1.06 bits per heavy atom. The van der Waals surface area contributed by atoms with E-state index in [1.807, 2.05) is 24.3 Å². The Morgan fingerprint density at radius 2 is 1.76 bits per heavy atom. The maximum absolute atomic E-state index is 6.10. The fourth-order valence-electron chi connectivity index (χ4n) is 2.31. The van der Waals surface area contributed by atoms with Crippen molar-refractivity contribution in [2.24, 2.45) is 0 Å². The normalized spacial score (nSPS) is 17.7. The monoisotopic (exact) mass is 252 g/mol. The first-order valence-electron chi connectivity index (χ1n) is 6.57. The van der Waals surface area contributed by atoms with Gasteiger partial charge in [0.25, 0.3) is 0 Å². The van der Waals surface area contributed by atoms with Crippen molar-refractivity contribution in [3.63, 3.8) is 0 Å². The summed E-state index contributed by atoms with van der Waals surface area (Å²) in [5.41, 5.74) is 1.05. The van der Waals surface area contributed by atoms with E-state index in [4.69, 9.17) is 11.6 Å². The van der Waals surface area contributed by atoms with Gasteiger partial charge in [-0.25, -0.2) is 0 Å². The van der Waals surface area contributed by atoms with E-state index in [1.165, 1.54) is 38.8 Å². The summed E-state index contributed by atoms with van der Waals surface area (Å²) in [6.45, 7) is 4.60. The van der Waals surface area contributed by atoms with Crippen LogP contribution in [0.4, 0.5) is 5.69 Å². The summed E-state index contributed by atoms with van der Waals surface area (Å²) in [7, 11) is 0. The molecule has 0 atom stereocenters. The number of rotatable bonds is 4. The molecule has 1 heterocycles. The summed E-state index contributed by atoms with van der Waals surface area (Å²) in [5.74, 6) is 0. The molecule has 1 N–H and O–H groups in total. The van der Waals surface area contributed by atoms with E-state index in [2.05, 4.69) is 10.2 Å². The molecule has 0 spiro atoms. The molecule has 17 heavy (non-hydrogen) atoms. The van der Waals surface area contributed by atoms with Crippen LogP contribution in [-0.4, -0.2) is 31.1 Å². The fourth-order valence-corrected chi connectivity index (χ4v) is 2.52. The molecule has 1 aliphatic heterocycles. The summed E-state index contributed by atoms with van der Waals surface area (Å²) >= 11 is 6.10. The second-order valence-corrected chi connectivity index (χ2v) is 5.07. The molecule has 0 unspecified atom stereocenters. The van der Waals surface area contributed by atoms with Crippen LogP contribution in [-0.2, 0) is 0 Å². The number of likely N-dealkylation sites (tertiary alicyclic amines) is 1. The fraction of sp³-hybridized carbons (Fsp3) is 0.571. The van der Waals surface area contributed by atoms with Gasteiger partial charge in [0, 0.05) is 13.1 Å². The van der Waals surface area contributed by atoms with Crippen LogP contribution in [0.2, 0.25) is 5.02 Å². The number of hydrogen-bond acceptors (Lipinski definition) is 2. The van der Waals surface area contributed by atoms with Gasteiger partial charge in [-0.1, -0.05) is 36.6 Å². The number of para-hydroxylation sites is 1. The quantitative estimate of drug-likeness (QED) is 0.881. The SMILES string of the molecule is Clc1ccccc1NCCN1CCCCCC1. The third-order valence-corrected chi connectivity index (χ3v) is 3.65. The van der Waals surface area contributed by atoms with Gasteiger partial charge in [-0.2, -0.15) is 0 Å². The van der Waals surface area contributed by atoms with E-state index in [9.17, 15) is 0 Å². The number of nitrogens with one attached hydrogen (secondary N) is 1. The summed E-state index contributed by atoms with van der Waals surface area (Å²) in [6.07, 6.45) is 5.50. The minimum atomic E-state index is 0.809. The highest BCUT2D eigenvalue weighted by atomic mass is 35.5. The molecule has 0 aliphatic carbocycles. The minimum Gasteiger partial charge on any atom is -0.383 e. The van der Waals surface area contributed by atoms with Gasteiger partial charge in [0.05, 0.1) is 10.7 Å². The van der Waals surface area contributed by atoms with E-state index in [0.717, 1.165) is 23.8 Å². The predicted molar refractivity (Wildman–Crippen MR) is 74.8 cm³/mol. The first kappa shape index (κ1) is 12.7. The van der Waals surface area contributed by atoms with Gasteiger partial charge < -0.3 is 10.2 Å². The number of nitrogens with zero attached hydrogens (tertiary/aromatic N) is 1. The molecule has 0 bridgehead atoms. The first-order valence-corrected chi connectivity index (χ1v) is 6.95. The Hall–Kier alpha value is -0.730. The van der Waals surface area contributed by atoms with Gasteiger partial charge in [-0.05, 0) is 38.1 Å². The Balaban J connectivity index is 1.73. The van der Waals surface area contributed by atoms with Crippen LogP contribution in [0.3, 0.4) is 0 Å². The minimum absolute atomic E-state index is 0.809. The predicted octanol–water partition coefficient (Wildman–Crippen LogP) is 3.63. The smallest absolute Gasteiger partial charge is 0.0637 e. The Bertz CT molecular complexity index is 333. The van der Waals surface area contributed by atoms with Crippen LogP contribution < -0.4 is 5.32 Å². The zero-order chi connectivity index (χ0) is 11.9. The topological polar surface area (TPSA) is 15.3 Å². The third kappa shape index (κ3) is 4.21. The van der Waals surface area contributed by atoms with Crippen LogP contribution in [0.1, 0.15) is 25.7 Å². The molecule has 1 aliphatic rings.